The molecule has 0 aromatic heterocycles. The molecular weight excluding hydrogens is 262 g/mol. The van der Waals surface area contributed by atoms with E-state index in [1.807, 2.05) is 3.93 Å². The van der Waals surface area contributed by atoms with Gasteiger partial charge < -0.3 is 4.74 Å². The predicted molar refractivity (Wildman–Crippen MR) is 47.8 cm³/mol. The standard InChI is InChI=1S/C6H9Br2NO/c1-6(2)4-10-5(3-7)9(6)8/h3H,4H2,1-2H3/b5-3+. The fourth-order valence-corrected chi connectivity index (χ4v) is 1.66. The smallest absolute Gasteiger partial charge is 0.207 e. The topological polar surface area (TPSA) is 12.5 Å². The molecule has 0 bridgehead atoms. The van der Waals surface area contributed by atoms with Crippen LogP contribution in [-0.2, 0) is 4.74 Å². The van der Waals surface area contributed by atoms with Crippen LogP contribution >= 0.6 is 32.1 Å². The van der Waals surface area contributed by atoms with E-state index in [9.17, 15) is 0 Å². The highest BCUT2D eigenvalue weighted by Crippen LogP contribution is 2.32. The maximum atomic E-state index is 5.32. The van der Waals surface area contributed by atoms with Gasteiger partial charge >= 0.3 is 0 Å². The Bertz CT molecular complexity index is 167. The number of rotatable bonds is 0. The molecule has 2 nitrogen and oxygen atoms in total. The third-order valence-corrected chi connectivity index (χ3v) is 3.09. The summed E-state index contributed by atoms with van der Waals surface area (Å²) in [5.74, 6) is 0.824. The molecular formula is C6H9Br2NO. The van der Waals surface area contributed by atoms with Crippen LogP contribution < -0.4 is 0 Å². The first kappa shape index (κ1) is 8.40. The van der Waals surface area contributed by atoms with Gasteiger partial charge in [0.05, 0.1) is 21.7 Å². The van der Waals surface area contributed by atoms with Gasteiger partial charge in [0.1, 0.15) is 6.61 Å². The molecule has 0 atom stereocenters. The van der Waals surface area contributed by atoms with Crippen LogP contribution in [0.2, 0.25) is 0 Å². The molecule has 58 valence electrons. The van der Waals surface area contributed by atoms with Gasteiger partial charge in [0.15, 0.2) is 0 Å². The van der Waals surface area contributed by atoms with E-state index in [0.29, 0.717) is 0 Å². The van der Waals surface area contributed by atoms with Crippen LogP contribution in [0.1, 0.15) is 13.8 Å². The maximum absolute atomic E-state index is 5.32. The van der Waals surface area contributed by atoms with Gasteiger partial charge in [0, 0.05) is 4.99 Å². The van der Waals surface area contributed by atoms with E-state index in [4.69, 9.17) is 4.74 Å². The molecule has 0 N–H and O–H groups in total. The Hall–Kier alpha value is 0.300. The van der Waals surface area contributed by atoms with E-state index in [1.165, 1.54) is 0 Å². The van der Waals surface area contributed by atoms with Gasteiger partial charge in [0.25, 0.3) is 0 Å². The van der Waals surface area contributed by atoms with Crippen LogP contribution in [0.25, 0.3) is 0 Å². The van der Waals surface area contributed by atoms with Gasteiger partial charge in [-0.2, -0.15) is 0 Å². The van der Waals surface area contributed by atoms with Gasteiger partial charge in [-0.15, -0.1) is 0 Å². The molecule has 1 heterocycles. The molecule has 1 fully saturated rings. The summed E-state index contributed by atoms with van der Waals surface area (Å²) in [6.07, 6.45) is 0. The van der Waals surface area contributed by atoms with E-state index in [-0.39, 0.29) is 5.54 Å². The minimum Gasteiger partial charge on any atom is -0.476 e. The number of nitrogens with zero attached hydrogens (tertiary/aromatic N) is 1. The molecule has 1 rings (SSSR count). The van der Waals surface area contributed by atoms with E-state index in [2.05, 4.69) is 45.9 Å². The lowest BCUT2D eigenvalue weighted by Gasteiger charge is -2.22. The lowest BCUT2D eigenvalue weighted by Crippen LogP contribution is -2.31. The average molecular weight is 271 g/mol. The van der Waals surface area contributed by atoms with Gasteiger partial charge in [-0.05, 0) is 13.8 Å². The van der Waals surface area contributed by atoms with Crippen LogP contribution in [0.15, 0.2) is 10.9 Å². The first-order valence-corrected chi connectivity index (χ1v) is 4.59. The summed E-state index contributed by atoms with van der Waals surface area (Å²) in [7, 11) is 0. The van der Waals surface area contributed by atoms with Crippen LogP contribution in [0.5, 0.6) is 0 Å². The van der Waals surface area contributed by atoms with Gasteiger partial charge in [-0.3, -0.25) is 3.93 Å². The maximum Gasteiger partial charge on any atom is 0.207 e. The summed E-state index contributed by atoms with van der Waals surface area (Å²) in [5.41, 5.74) is 0.0552. The molecule has 0 aromatic carbocycles. The summed E-state index contributed by atoms with van der Waals surface area (Å²) in [4.78, 5) is 1.76. The molecule has 0 aliphatic carbocycles. The van der Waals surface area contributed by atoms with Crippen LogP contribution in [-0.4, -0.2) is 16.1 Å². The van der Waals surface area contributed by atoms with Crippen molar-refractivity contribution in [2.75, 3.05) is 6.61 Å². The lowest BCUT2D eigenvalue weighted by atomic mass is 10.1. The fraction of sp³-hybridized carbons (Fsp3) is 0.667. The highest BCUT2D eigenvalue weighted by molar-refractivity contribution is 9.11. The van der Waals surface area contributed by atoms with Crippen molar-refractivity contribution in [1.82, 2.24) is 3.93 Å². The second-order valence-electron chi connectivity index (χ2n) is 2.83. The van der Waals surface area contributed by atoms with Crippen molar-refractivity contribution >= 4 is 32.1 Å². The van der Waals surface area contributed by atoms with Crippen LogP contribution in [0.4, 0.5) is 0 Å². The molecule has 0 aromatic rings. The normalized spacial score (nSPS) is 27.2. The third-order valence-electron chi connectivity index (χ3n) is 1.39. The van der Waals surface area contributed by atoms with E-state index in [0.717, 1.165) is 12.5 Å². The minimum absolute atomic E-state index is 0.0552. The van der Waals surface area contributed by atoms with Crippen molar-refractivity contribution in [3.8, 4) is 0 Å². The molecule has 0 amide bonds. The second-order valence-corrected chi connectivity index (χ2v) is 4.00. The van der Waals surface area contributed by atoms with Gasteiger partial charge in [-0.1, -0.05) is 15.9 Å². The van der Waals surface area contributed by atoms with Crippen molar-refractivity contribution in [2.45, 2.75) is 19.4 Å². The Kier molecular flexibility index (Phi) is 2.30. The number of halogens is 2. The van der Waals surface area contributed by atoms with Crippen molar-refractivity contribution < 1.29 is 4.74 Å². The van der Waals surface area contributed by atoms with Crippen LogP contribution in [0.3, 0.4) is 0 Å². The molecule has 0 unspecified atom stereocenters. The number of ether oxygens (including phenoxy) is 1. The second kappa shape index (κ2) is 2.74. The van der Waals surface area contributed by atoms with Crippen molar-refractivity contribution in [3.63, 3.8) is 0 Å². The van der Waals surface area contributed by atoms with Gasteiger partial charge in [0.2, 0.25) is 5.88 Å². The third kappa shape index (κ3) is 1.32. The first-order valence-electron chi connectivity index (χ1n) is 2.97. The van der Waals surface area contributed by atoms with Crippen molar-refractivity contribution in [1.29, 1.82) is 0 Å². The summed E-state index contributed by atoms with van der Waals surface area (Å²) >= 11 is 6.61. The van der Waals surface area contributed by atoms with Crippen LogP contribution in [0, 0.1) is 0 Å². The Morgan fingerprint density at radius 2 is 2.30 bits per heavy atom. The van der Waals surface area contributed by atoms with Crippen molar-refractivity contribution in [2.24, 2.45) is 0 Å². The SMILES string of the molecule is CC1(C)CO/C(=C/Br)N1Br. The summed E-state index contributed by atoms with van der Waals surface area (Å²) in [6.45, 7) is 4.92. The largest absolute Gasteiger partial charge is 0.476 e. The number of hydrogen-bond acceptors (Lipinski definition) is 2. The zero-order chi connectivity index (χ0) is 7.78. The molecule has 1 aliphatic heterocycles. The minimum atomic E-state index is 0.0552. The summed E-state index contributed by atoms with van der Waals surface area (Å²) < 4.78 is 7.25. The molecule has 4 heteroatoms. The number of hydrogen-bond donors (Lipinski definition) is 0. The highest BCUT2D eigenvalue weighted by Gasteiger charge is 2.35. The predicted octanol–water partition coefficient (Wildman–Crippen LogP) is 2.60. The monoisotopic (exact) mass is 269 g/mol. The van der Waals surface area contributed by atoms with E-state index in [1.54, 1.807) is 4.99 Å². The molecule has 1 aliphatic rings. The lowest BCUT2D eigenvalue weighted by molar-refractivity contribution is 0.237. The zero-order valence-corrected chi connectivity index (χ0v) is 9.07. The zero-order valence-electron chi connectivity index (χ0n) is 5.90. The summed E-state index contributed by atoms with van der Waals surface area (Å²) in [5, 5.41) is 0. The van der Waals surface area contributed by atoms with Gasteiger partial charge in [-0.25, -0.2) is 0 Å². The Morgan fingerprint density at radius 3 is 2.50 bits per heavy atom. The molecule has 0 saturated carbocycles. The van der Waals surface area contributed by atoms with E-state index >= 15 is 0 Å². The Labute approximate surface area is 77.7 Å². The fourth-order valence-electron chi connectivity index (χ4n) is 0.737. The highest BCUT2D eigenvalue weighted by atomic mass is 79.9. The molecule has 0 spiro atoms. The first-order chi connectivity index (χ1) is 4.58. The van der Waals surface area contributed by atoms with Crippen molar-refractivity contribution in [3.05, 3.63) is 10.9 Å². The average Bonchev–Trinajstić information content (AvgIpc) is 2.10. The molecule has 1 saturated heterocycles. The Morgan fingerprint density at radius 1 is 1.70 bits per heavy atom. The Balaban J connectivity index is 2.77. The van der Waals surface area contributed by atoms with E-state index < -0.39 is 0 Å². The molecule has 0 radical (unpaired) electrons. The quantitative estimate of drug-likeness (QED) is 0.628. The molecule has 10 heavy (non-hydrogen) atoms. The summed E-state index contributed by atoms with van der Waals surface area (Å²) in [6, 6.07) is 0.